The molecule has 19 heavy (non-hydrogen) atoms. The summed E-state index contributed by atoms with van der Waals surface area (Å²) in [6.07, 6.45) is 5.49. The molecule has 0 aromatic rings. The predicted octanol–water partition coefficient (Wildman–Crippen LogP) is 1.94. The average molecular weight is 266 g/mol. The van der Waals surface area contributed by atoms with Gasteiger partial charge in [0.25, 0.3) is 0 Å². The number of rotatable bonds is 6. The lowest BCUT2D eigenvalue weighted by Gasteiger charge is -2.35. The third kappa shape index (κ3) is 3.48. The van der Waals surface area contributed by atoms with Gasteiger partial charge < -0.3 is 10.2 Å². The van der Waals surface area contributed by atoms with E-state index in [4.69, 9.17) is 0 Å². The zero-order valence-electron chi connectivity index (χ0n) is 12.4. The van der Waals surface area contributed by atoms with Crippen molar-refractivity contribution in [3.63, 3.8) is 0 Å². The van der Waals surface area contributed by atoms with Crippen molar-refractivity contribution in [3.8, 4) is 0 Å². The summed E-state index contributed by atoms with van der Waals surface area (Å²) >= 11 is 0. The predicted molar refractivity (Wildman–Crippen MR) is 74.5 cm³/mol. The number of carbonyl (C=O) groups excluding carboxylic acids is 2. The maximum absolute atomic E-state index is 12.4. The second-order valence-electron chi connectivity index (χ2n) is 6.69. The van der Waals surface area contributed by atoms with Crippen LogP contribution in [0.4, 0.5) is 0 Å². The fraction of sp³-hybridized carbons (Fsp3) is 0.867. The van der Waals surface area contributed by atoms with Crippen molar-refractivity contribution in [2.75, 3.05) is 13.1 Å². The largest absolute Gasteiger partial charge is 0.343 e. The van der Waals surface area contributed by atoms with Gasteiger partial charge in [-0.25, -0.2) is 0 Å². The molecule has 1 saturated carbocycles. The van der Waals surface area contributed by atoms with Gasteiger partial charge in [0.2, 0.25) is 11.8 Å². The Hall–Kier alpha value is -1.06. The van der Waals surface area contributed by atoms with E-state index in [1.807, 2.05) is 0 Å². The minimum absolute atomic E-state index is 0.00227. The minimum atomic E-state index is -0.307. The number of nitrogens with one attached hydrogen (secondary N) is 1. The molecule has 1 aliphatic heterocycles. The van der Waals surface area contributed by atoms with Crippen molar-refractivity contribution in [1.82, 2.24) is 10.2 Å². The Labute approximate surface area is 115 Å². The third-order valence-corrected chi connectivity index (χ3v) is 4.25. The van der Waals surface area contributed by atoms with Crippen molar-refractivity contribution in [1.29, 1.82) is 0 Å². The highest BCUT2D eigenvalue weighted by Crippen LogP contribution is 2.50. The van der Waals surface area contributed by atoms with Crippen LogP contribution in [-0.2, 0) is 9.59 Å². The molecule has 4 heteroatoms. The molecule has 1 heterocycles. The summed E-state index contributed by atoms with van der Waals surface area (Å²) < 4.78 is 0. The van der Waals surface area contributed by atoms with Crippen molar-refractivity contribution >= 4 is 11.8 Å². The molecule has 0 spiro atoms. The molecule has 0 aromatic carbocycles. The molecule has 1 unspecified atom stereocenters. The van der Waals surface area contributed by atoms with Crippen molar-refractivity contribution in [2.45, 2.75) is 58.9 Å². The van der Waals surface area contributed by atoms with Crippen molar-refractivity contribution in [2.24, 2.45) is 11.3 Å². The Balaban J connectivity index is 1.99. The smallest absolute Gasteiger partial charge is 0.245 e. The van der Waals surface area contributed by atoms with Crippen LogP contribution < -0.4 is 5.32 Å². The van der Waals surface area contributed by atoms with Gasteiger partial charge in [-0.1, -0.05) is 27.2 Å². The maximum atomic E-state index is 12.4. The number of carbonyl (C=O) groups is 2. The van der Waals surface area contributed by atoms with Gasteiger partial charge in [0.1, 0.15) is 6.04 Å². The highest BCUT2D eigenvalue weighted by atomic mass is 16.2. The fourth-order valence-electron chi connectivity index (χ4n) is 3.14. The number of nitrogens with zero attached hydrogens (tertiary/aromatic N) is 1. The monoisotopic (exact) mass is 266 g/mol. The van der Waals surface area contributed by atoms with Crippen LogP contribution in [0.2, 0.25) is 0 Å². The van der Waals surface area contributed by atoms with Crippen molar-refractivity contribution in [3.05, 3.63) is 0 Å². The van der Waals surface area contributed by atoms with Gasteiger partial charge in [-0.3, -0.25) is 9.59 Å². The van der Waals surface area contributed by atoms with Crippen LogP contribution in [0.3, 0.4) is 0 Å². The zero-order valence-corrected chi connectivity index (χ0v) is 12.4. The first-order chi connectivity index (χ1) is 8.96. The highest BCUT2D eigenvalue weighted by molar-refractivity contribution is 5.94. The first-order valence-electron chi connectivity index (χ1n) is 7.54. The van der Waals surface area contributed by atoms with Gasteiger partial charge in [-0.2, -0.15) is 0 Å². The lowest BCUT2D eigenvalue weighted by Crippen LogP contribution is -2.59. The van der Waals surface area contributed by atoms with E-state index in [0.29, 0.717) is 11.3 Å². The van der Waals surface area contributed by atoms with Gasteiger partial charge in [-0.05, 0) is 37.0 Å². The maximum Gasteiger partial charge on any atom is 0.245 e. The van der Waals surface area contributed by atoms with Crippen LogP contribution in [0.5, 0.6) is 0 Å². The Kier molecular flexibility index (Phi) is 4.16. The molecule has 4 nitrogen and oxygen atoms in total. The second-order valence-corrected chi connectivity index (χ2v) is 6.69. The Morgan fingerprint density at radius 1 is 1.37 bits per heavy atom. The molecule has 1 atom stereocenters. The first kappa shape index (κ1) is 14.4. The number of hydrogen-bond donors (Lipinski definition) is 1. The summed E-state index contributed by atoms with van der Waals surface area (Å²) in [5.74, 6) is 0.535. The van der Waals surface area contributed by atoms with Crippen LogP contribution in [0.1, 0.15) is 52.9 Å². The molecule has 2 aliphatic rings. The summed E-state index contributed by atoms with van der Waals surface area (Å²) in [6.45, 7) is 7.38. The van der Waals surface area contributed by atoms with Crippen LogP contribution in [0, 0.1) is 11.3 Å². The highest BCUT2D eigenvalue weighted by Gasteiger charge is 2.45. The average Bonchev–Trinajstić information content (AvgIpc) is 3.04. The number of piperazine rings is 1. The molecule has 1 aliphatic carbocycles. The Morgan fingerprint density at radius 2 is 2.05 bits per heavy atom. The summed E-state index contributed by atoms with van der Waals surface area (Å²) in [6, 6.07) is -0.307. The number of hydrogen-bond acceptors (Lipinski definition) is 2. The fourth-order valence-corrected chi connectivity index (χ4v) is 3.14. The molecule has 108 valence electrons. The molecular formula is C15H26N2O2. The van der Waals surface area contributed by atoms with Gasteiger partial charge in [0, 0.05) is 6.54 Å². The molecule has 1 N–H and O–H groups in total. The Bertz CT molecular complexity index is 361. The molecule has 0 aromatic heterocycles. The lowest BCUT2D eigenvalue weighted by molar-refractivity contribution is -0.145. The SMILES string of the molecule is CCCC1(CN2CC(=O)NC(CC(C)C)C2=O)CC1. The standard InChI is InChI=1S/C15H26N2O2/c1-4-5-15(6-7-15)10-17-9-13(18)16-12(14(17)19)8-11(2)3/h11-12H,4-10H2,1-3H3,(H,16,18). The third-order valence-electron chi connectivity index (χ3n) is 4.25. The molecule has 0 radical (unpaired) electrons. The van der Waals surface area contributed by atoms with E-state index >= 15 is 0 Å². The summed E-state index contributed by atoms with van der Waals surface area (Å²) in [5, 5.41) is 2.84. The van der Waals surface area contributed by atoms with E-state index in [-0.39, 0.29) is 24.4 Å². The van der Waals surface area contributed by atoms with Crippen LogP contribution >= 0.6 is 0 Å². The normalized spacial score (nSPS) is 25.7. The topological polar surface area (TPSA) is 49.4 Å². The van der Waals surface area contributed by atoms with E-state index < -0.39 is 0 Å². The zero-order chi connectivity index (χ0) is 14.0. The van der Waals surface area contributed by atoms with Crippen LogP contribution in [0.15, 0.2) is 0 Å². The van der Waals surface area contributed by atoms with E-state index in [0.717, 1.165) is 19.4 Å². The first-order valence-corrected chi connectivity index (χ1v) is 7.54. The minimum Gasteiger partial charge on any atom is -0.343 e. The van der Waals surface area contributed by atoms with E-state index in [1.54, 1.807) is 4.90 Å². The molecular weight excluding hydrogens is 240 g/mol. The van der Waals surface area contributed by atoms with Gasteiger partial charge in [0.05, 0.1) is 6.54 Å². The molecule has 2 fully saturated rings. The quantitative estimate of drug-likeness (QED) is 0.798. The van der Waals surface area contributed by atoms with E-state index in [1.165, 1.54) is 19.3 Å². The summed E-state index contributed by atoms with van der Waals surface area (Å²) in [4.78, 5) is 26.0. The molecule has 2 amide bonds. The van der Waals surface area contributed by atoms with E-state index in [9.17, 15) is 9.59 Å². The molecule has 2 rings (SSSR count). The van der Waals surface area contributed by atoms with Gasteiger partial charge in [-0.15, -0.1) is 0 Å². The number of amides is 2. The van der Waals surface area contributed by atoms with Gasteiger partial charge in [0.15, 0.2) is 0 Å². The van der Waals surface area contributed by atoms with Gasteiger partial charge >= 0.3 is 0 Å². The van der Waals surface area contributed by atoms with Crippen LogP contribution in [0.25, 0.3) is 0 Å². The van der Waals surface area contributed by atoms with Crippen molar-refractivity contribution < 1.29 is 9.59 Å². The molecule has 1 saturated heterocycles. The van der Waals surface area contributed by atoms with E-state index in [2.05, 4.69) is 26.1 Å². The van der Waals surface area contributed by atoms with Crippen LogP contribution in [-0.4, -0.2) is 35.8 Å². The lowest BCUT2D eigenvalue weighted by atomic mass is 9.97. The molecule has 0 bridgehead atoms. The summed E-state index contributed by atoms with van der Waals surface area (Å²) in [5.41, 5.74) is 0.324. The second kappa shape index (κ2) is 5.51. The Morgan fingerprint density at radius 3 is 2.58 bits per heavy atom. The summed E-state index contributed by atoms with van der Waals surface area (Å²) in [7, 11) is 0.